The van der Waals surface area contributed by atoms with Crippen molar-refractivity contribution in [3.8, 4) is 22.8 Å². The molecule has 0 saturated carbocycles. The summed E-state index contributed by atoms with van der Waals surface area (Å²) in [5, 5.41) is 19.0. The Hall–Kier alpha value is -3.08. The van der Waals surface area contributed by atoms with Crippen molar-refractivity contribution in [2.45, 2.75) is 5.16 Å². The number of anilines is 1. The van der Waals surface area contributed by atoms with E-state index in [-0.39, 0.29) is 17.5 Å². The van der Waals surface area contributed by atoms with Gasteiger partial charge in [-0.3, -0.25) is 9.89 Å². The van der Waals surface area contributed by atoms with Crippen molar-refractivity contribution in [3.05, 3.63) is 64.4 Å². The normalized spacial score (nSPS) is 10.9. The fourth-order valence-electron chi connectivity index (χ4n) is 2.67. The second kappa shape index (κ2) is 8.96. The molecule has 8 nitrogen and oxygen atoms in total. The minimum absolute atomic E-state index is 0.0297. The van der Waals surface area contributed by atoms with Crippen LogP contribution in [0.5, 0.6) is 0 Å². The van der Waals surface area contributed by atoms with E-state index < -0.39 is 0 Å². The molecule has 4 rings (SSSR count). The van der Waals surface area contributed by atoms with E-state index in [0.29, 0.717) is 38.1 Å². The second-order valence-corrected chi connectivity index (χ2v) is 8.10. The summed E-state index contributed by atoms with van der Waals surface area (Å²) in [5.74, 6) is 5.82. The SMILES string of the molecule is Nn1c(SCC(=O)Nc2cc(Cl)ccc2Cl)nnc1-c1cc(-c2ccc(F)cc2)n[nH]1. The van der Waals surface area contributed by atoms with E-state index >= 15 is 0 Å². The molecule has 0 atom stereocenters. The molecule has 12 heteroatoms. The first-order chi connectivity index (χ1) is 14.9. The van der Waals surface area contributed by atoms with Gasteiger partial charge in [0, 0.05) is 10.6 Å². The lowest BCUT2D eigenvalue weighted by Gasteiger charge is -2.07. The molecule has 0 saturated heterocycles. The zero-order valence-electron chi connectivity index (χ0n) is 15.6. The highest BCUT2D eigenvalue weighted by molar-refractivity contribution is 7.99. The van der Waals surface area contributed by atoms with E-state index in [0.717, 1.165) is 17.3 Å². The Morgan fingerprint density at radius 1 is 1.16 bits per heavy atom. The molecular weight excluding hydrogens is 464 g/mol. The number of halogens is 3. The summed E-state index contributed by atoms with van der Waals surface area (Å²) >= 11 is 13.1. The topological polar surface area (TPSA) is 115 Å². The fraction of sp³-hybridized carbons (Fsp3) is 0.0526. The van der Waals surface area contributed by atoms with Gasteiger partial charge in [-0.05, 0) is 48.5 Å². The van der Waals surface area contributed by atoms with Gasteiger partial charge in [-0.1, -0.05) is 35.0 Å². The van der Waals surface area contributed by atoms with Gasteiger partial charge in [-0.15, -0.1) is 10.2 Å². The highest BCUT2D eigenvalue weighted by Crippen LogP contribution is 2.27. The monoisotopic (exact) mass is 477 g/mol. The Morgan fingerprint density at radius 3 is 2.71 bits per heavy atom. The summed E-state index contributed by atoms with van der Waals surface area (Å²) in [7, 11) is 0. The zero-order chi connectivity index (χ0) is 22.0. The van der Waals surface area contributed by atoms with Gasteiger partial charge in [0.25, 0.3) is 0 Å². The molecule has 0 unspecified atom stereocenters. The minimum Gasteiger partial charge on any atom is -0.335 e. The van der Waals surface area contributed by atoms with Gasteiger partial charge in [-0.2, -0.15) is 5.10 Å². The Balaban J connectivity index is 1.43. The smallest absolute Gasteiger partial charge is 0.234 e. The molecular formula is C19H14Cl2FN7OS. The van der Waals surface area contributed by atoms with Crippen LogP contribution in [-0.4, -0.2) is 36.7 Å². The predicted octanol–water partition coefficient (Wildman–Crippen LogP) is 4.23. The molecule has 0 spiro atoms. The Morgan fingerprint density at radius 2 is 1.94 bits per heavy atom. The van der Waals surface area contributed by atoms with Crippen LogP contribution in [0.2, 0.25) is 10.0 Å². The van der Waals surface area contributed by atoms with E-state index in [9.17, 15) is 9.18 Å². The molecule has 2 aromatic carbocycles. The highest BCUT2D eigenvalue weighted by Gasteiger charge is 2.17. The van der Waals surface area contributed by atoms with Crippen LogP contribution >= 0.6 is 35.0 Å². The lowest BCUT2D eigenvalue weighted by atomic mass is 10.1. The number of rotatable bonds is 6. The van der Waals surface area contributed by atoms with Crippen molar-refractivity contribution >= 4 is 46.6 Å². The number of nitrogens with zero attached hydrogens (tertiary/aromatic N) is 4. The fourth-order valence-corrected chi connectivity index (χ4v) is 3.67. The zero-order valence-corrected chi connectivity index (χ0v) is 18.0. The third-order valence-electron chi connectivity index (χ3n) is 4.16. The van der Waals surface area contributed by atoms with E-state index in [1.165, 1.54) is 16.8 Å². The maximum absolute atomic E-state index is 13.1. The standard InChI is InChI=1S/C19H14Cl2FN7OS/c20-11-3-6-13(21)15(7-11)24-17(30)9-31-19-28-27-18(29(19)23)16-8-14(25-26-16)10-1-4-12(22)5-2-10/h1-8H,9,23H2,(H,24,30)(H,25,26). The summed E-state index contributed by atoms with van der Waals surface area (Å²) in [6.45, 7) is 0. The van der Waals surface area contributed by atoms with Crippen LogP contribution in [-0.2, 0) is 4.79 Å². The molecule has 0 aliphatic rings. The maximum Gasteiger partial charge on any atom is 0.234 e. The molecule has 1 amide bonds. The lowest BCUT2D eigenvalue weighted by Crippen LogP contribution is -2.16. The maximum atomic E-state index is 13.1. The predicted molar refractivity (Wildman–Crippen MR) is 119 cm³/mol. The molecule has 4 N–H and O–H groups in total. The van der Waals surface area contributed by atoms with Gasteiger partial charge in [-0.25, -0.2) is 9.07 Å². The van der Waals surface area contributed by atoms with Gasteiger partial charge in [0.2, 0.25) is 16.9 Å². The molecule has 2 aromatic heterocycles. The number of H-pyrrole nitrogens is 1. The molecule has 0 fully saturated rings. The molecule has 0 aliphatic heterocycles. The number of nitrogens with two attached hydrogens (primary N) is 1. The van der Waals surface area contributed by atoms with E-state index in [4.69, 9.17) is 29.0 Å². The molecule has 4 aromatic rings. The third-order valence-corrected chi connectivity index (χ3v) is 5.67. The van der Waals surface area contributed by atoms with Crippen molar-refractivity contribution < 1.29 is 9.18 Å². The van der Waals surface area contributed by atoms with Gasteiger partial charge in [0.15, 0.2) is 0 Å². The van der Waals surface area contributed by atoms with E-state index in [2.05, 4.69) is 25.7 Å². The van der Waals surface area contributed by atoms with Crippen LogP contribution in [0.15, 0.2) is 53.7 Å². The van der Waals surface area contributed by atoms with Gasteiger partial charge < -0.3 is 11.2 Å². The lowest BCUT2D eigenvalue weighted by molar-refractivity contribution is -0.113. The second-order valence-electron chi connectivity index (χ2n) is 6.31. The number of hydrogen-bond acceptors (Lipinski definition) is 6. The first-order valence-electron chi connectivity index (χ1n) is 8.80. The number of nitrogens with one attached hydrogen (secondary N) is 2. The summed E-state index contributed by atoms with van der Waals surface area (Å²) in [6.07, 6.45) is 0. The largest absolute Gasteiger partial charge is 0.335 e. The molecule has 2 heterocycles. The van der Waals surface area contributed by atoms with Gasteiger partial charge in [0.05, 0.1) is 22.2 Å². The van der Waals surface area contributed by atoms with Crippen LogP contribution in [0.1, 0.15) is 0 Å². The van der Waals surface area contributed by atoms with Crippen molar-refractivity contribution in [1.82, 2.24) is 25.1 Å². The Labute approximate surface area is 189 Å². The number of carbonyl (C=O) groups is 1. The molecule has 0 aliphatic carbocycles. The summed E-state index contributed by atoms with van der Waals surface area (Å²) in [6, 6.07) is 12.5. The van der Waals surface area contributed by atoms with Gasteiger partial charge in [0.1, 0.15) is 11.5 Å². The number of carbonyl (C=O) groups excluding carboxylic acids is 1. The van der Waals surface area contributed by atoms with Crippen molar-refractivity contribution in [2.24, 2.45) is 0 Å². The molecule has 31 heavy (non-hydrogen) atoms. The van der Waals surface area contributed by atoms with Crippen molar-refractivity contribution in [2.75, 3.05) is 16.9 Å². The van der Waals surface area contributed by atoms with E-state index in [1.807, 2.05) is 0 Å². The molecule has 0 bridgehead atoms. The van der Waals surface area contributed by atoms with Crippen molar-refractivity contribution in [1.29, 1.82) is 0 Å². The Kier molecular flexibility index (Phi) is 6.12. The van der Waals surface area contributed by atoms with Crippen molar-refractivity contribution in [3.63, 3.8) is 0 Å². The number of thioether (sulfide) groups is 1. The van der Waals surface area contributed by atoms with E-state index in [1.54, 1.807) is 36.4 Å². The number of hydrogen-bond donors (Lipinski definition) is 3. The summed E-state index contributed by atoms with van der Waals surface area (Å²) < 4.78 is 14.4. The van der Waals surface area contributed by atoms with Gasteiger partial charge >= 0.3 is 0 Å². The number of aromatic amines is 1. The van der Waals surface area contributed by atoms with Crippen LogP contribution in [0, 0.1) is 5.82 Å². The van der Waals surface area contributed by atoms with Crippen LogP contribution in [0.4, 0.5) is 10.1 Å². The number of amides is 1. The van der Waals surface area contributed by atoms with Crippen LogP contribution < -0.4 is 11.2 Å². The Bertz CT molecular complexity index is 1240. The average Bonchev–Trinajstić information content (AvgIpc) is 3.36. The number of aromatic nitrogens is 5. The van der Waals surface area contributed by atoms with Crippen LogP contribution in [0.25, 0.3) is 22.8 Å². The average molecular weight is 478 g/mol. The summed E-state index contributed by atoms with van der Waals surface area (Å²) in [5.41, 5.74) is 2.28. The summed E-state index contributed by atoms with van der Waals surface area (Å²) in [4.78, 5) is 12.2. The highest BCUT2D eigenvalue weighted by atomic mass is 35.5. The third kappa shape index (κ3) is 4.82. The minimum atomic E-state index is -0.329. The first kappa shape index (κ1) is 21.2. The quantitative estimate of drug-likeness (QED) is 0.282. The number of nitrogen functional groups attached to an aromatic ring is 1. The number of benzene rings is 2. The molecule has 158 valence electrons. The van der Waals surface area contributed by atoms with Crippen LogP contribution in [0.3, 0.4) is 0 Å². The first-order valence-corrected chi connectivity index (χ1v) is 10.5. The molecule has 0 radical (unpaired) electrons.